The van der Waals surface area contributed by atoms with E-state index < -0.39 is 0 Å². The molecule has 0 heterocycles. The highest BCUT2D eigenvalue weighted by Gasteiger charge is 2.09. The van der Waals surface area contributed by atoms with Crippen LogP contribution in [0.5, 0.6) is 17.2 Å². The number of benzene rings is 2. The van der Waals surface area contributed by atoms with Gasteiger partial charge in [0.05, 0.1) is 18.8 Å². The molecule has 0 atom stereocenters. The number of allylic oxidation sites excluding steroid dienone is 1. The van der Waals surface area contributed by atoms with Crippen LogP contribution >= 0.6 is 0 Å². The second kappa shape index (κ2) is 9.81. The van der Waals surface area contributed by atoms with Crippen LogP contribution in [0.15, 0.2) is 48.5 Å². The molecule has 0 spiro atoms. The Labute approximate surface area is 161 Å². The summed E-state index contributed by atoms with van der Waals surface area (Å²) in [5.74, 6) is 2.12. The molecule has 2 aromatic carbocycles. The average Bonchev–Trinajstić information content (AvgIpc) is 2.61. The van der Waals surface area contributed by atoms with Crippen molar-refractivity contribution in [1.29, 1.82) is 0 Å². The Bertz CT molecular complexity index is 773. The molecular formula is C23H28O4. The van der Waals surface area contributed by atoms with Crippen LogP contribution in [0.2, 0.25) is 0 Å². The van der Waals surface area contributed by atoms with E-state index in [0.717, 1.165) is 17.1 Å². The fraction of sp³-hybridized carbons (Fsp3) is 0.348. The highest BCUT2D eigenvalue weighted by Crippen LogP contribution is 2.28. The van der Waals surface area contributed by atoms with Gasteiger partial charge in [-0.1, -0.05) is 0 Å². The van der Waals surface area contributed by atoms with Crippen molar-refractivity contribution in [2.45, 2.75) is 46.8 Å². The first-order valence-corrected chi connectivity index (χ1v) is 9.31. The molecule has 2 rings (SSSR count). The third-order valence-corrected chi connectivity index (χ3v) is 3.58. The Morgan fingerprint density at radius 2 is 1.56 bits per heavy atom. The van der Waals surface area contributed by atoms with Gasteiger partial charge in [0, 0.05) is 17.2 Å². The number of ether oxygens (including phenoxy) is 3. The monoisotopic (exact) mass is 368 g/mol. The van der Waals surface area contributed by atoms with Crippen LogP contribution in [-0.2, 0) is 0 Å². The fourth-order valence-electron chi connectivity index (χ4n) is 2.50. The van der Waals surface area contributed by atoms with Gasteiger partial charge in [0.1, 0.15) is 17.2 Å². The third-order valence-electron chi connectivity index (χ3n) is 3.58. The van der Waals surface area contributed by atoms with E-state index in [1.807, 2.05) is 52.8 Å². The van der Waals surface area contributed by atoms with Gasteiger partial charge in [-0.25, -0.2) is 0 Å². The number of rotatable bonds is 9. The molecule has 0 aliphatic heterocycles. The van der Waals surface area contributed by atoms with Crippen molar-refractivity contribution < 1.29 is 19.0 Å². The topological polar surface area (TPSA) is 44.8 Å². The van der Waals surface area contributed by atoms with E-state index in [2.05, 4.69) is 0 Å². The molecule has 0 N–H and O–H groups in total. The molecule has 0 unspecified atom stereocenters. The Kier molecular flexibility index (Phi) is 7.47. The van der Waals surface area contributed by atoms with Gasteiger partial charge in [0.25, 0.3) is 0 Å². The fourth-order valence-corrected chi connectivity index (χ4v) is 2.50. The second-order valence-corrected chi connectivity index (χ2v) is 6.69. The van der Waals surface area contributed by atoms with Crippen LogP contribution in [0, 0.1) is 0 Å². The number of ketones is 1. The van der Waals surface area contributed by atoms with Crippen molar-refractivity contribution in [3.05, 3.63) is 59.7 Å². The van der Waals surface area contributed by atoms with Gasteiger partial charge in [-0.3, -0.25) is 4.79 Å². The van der Waals surface area contributed by atoms with Crippen LogP contribution < -0.4 is 14.2 Å². The molecule has 4 heteroatoms. The maximum absolute atomic E-state index is 12.4. The number of hydrogen-bond donors (Lipinski definition) is 0. The van der Waals surface area contributed by atoms with E-state index in [4.69, 9.17) is 14.2 Å². The molecule has 0 saturated heterocycles. The summed E-state index contributed by atoms with van der Waals surface area (Å²) in [6, 6.07) is 12.8. The zero-order valence-corrected chi connectivity index (χ0v) is 16.7. The molecule has 144 valence electrons. The van der Waals surface area contributed by atoms with E-state index in [0.29, 0.717) is 17.9 Å². The summed E-state index contributed by atoms with van der Waals surface area (Å²) in [4.78, 5) is 12.4. The zero-order valence-electron chi connectivity index (χ0n) is 16.7. The predicted octanol–water partition coefficient (Wildman–Crippen LogP) is 5.56. The van der Waals surface area contributed by atoms with Crippen LogP contribution in [0.3, 0.4) is 0 Å². The third kappa shape index (κ3) is 6.48. The predicted molar refractivity (Wildman–Crippen MR) is 109 cm³/mol. The first kappa shape index (κ1) is 20.6. The lowest BCUT2D eigenvalue weighted by atomic mass is 10.1. The molecular weight excluding hydrogens is 340 g/mol. The summed E-state index contributed by atoms with van der Waals surface area (Å²) in [5.41, 5.74) is 1.44. The highest BCUT2D eigenvalue weighted by atomic mass is 16.5. The Morgan fingerprint density at radius 3 is 2.15 bits per heavy atom. The lowest BCUT2D eigenvalue weighted by Crippen LogP contribution is -2.09. The van der Waals surface area contributed by atoms with Crippen molar-refractivity contribution in [1.82, 2.24) is 0 Å². The minimum Gasteiger partial charge on any atom is -0.494 e. The Hall–Kier alpha value is -2.75. The summed E-state index contributed by atoms with van der Waals surface area (Å²) in [7, 11) is 0. The molecule has 0 saturated carbocycles. The Morgan fingerprint density at radius 1 is 0.926 bits per heavy atom. The SMILES string of the molecule is CCOc1ccc(C(=O)C=Cc2ccc(OC(C)C)cc2OC(C)C)cc1. The molecule has 0 aromatic heterocycles. The van der Waals surface area contributed by atoms with Crippen LogP contribution in [0.4, 0.5) is 0 Å². The summed E-state index contributed by atoms with van der Waals surface area (Å²) in [5, 5.41) is 0. The van der Waals surface area contributed by atoms with E-state index in [-0.39, 0.29) is 18.0 Å². The van der Waals surface area contributed by atoms with Crippen molar-refractivity contribution in [2.24, 2.45) is 0 Å². The average molecular weight is 368 g/mol. The molecule has 0 aliphatic carbocycles. The standard InChI is InChI=1S/C23H28O4/c1-6-25-20-11-7-18(8-12-20)22(24)14-10-19-9-13-21(26-16(2)3)15-23(19)27-17(4)5/h7-17H,6H2,1-5H3. The molecule has 0 bridgehead atoms. The van der Waals surface area contributed by atoms with Gasteiger partial charge in [-0.2, -0.15) is 0 Å². The van der Waals surface area contributed by atoms with Gasteiger partial charge in [-0.15, -0.1) is 0 Å². The van der Waals surface area contributed by atoms with Gasteiger partial charge in [-0.05, 0) is 83.2 Å². The Balaban J connectivity index is 2.19. The van der Waals surface area contributed by atoms with E-state index in [9.17, 15) is 4.79 Å². The van der Waals surface area contributed by atoms with E-state index >= 15 is 0 Å². The molecule has 0 fully saturated rings. The minimum absolute atomic E-state index is 0.0215. The zero-order chi connectivity index (χ0) is 19.8. The number of hydrogen-bond acceptors (Lipinski definition) is 4. The van der Waals surface area contributed by atoms with E-state index in [1.54, 1.807) is 36.4 Å². The van der Waals surface area contributed by atoms with Crippen molar-refractivity contribution >= 4 is 11.9 Å². The van der Waals surface area contributed by atoms with Crippen LogP contribution in [0.1, 0.15) is 50.5 Å². The maximum Gasteiger partial charge on any atom is 0.185 e. The first-order valence-electron chi connectivity index (χ1n) is 9.31. The molecule has 2 aromatic rings. The van der Waals surface area contributed by atoms with Crippen molar-refractivity contribution in [2.75, 3.05) is 6.61 Å². The van der Waals surface area contributed by atoms with Gasteiger partial charge in [0.15, 0.2) is 5.78 Å². The van der Waals surface area contributed by atoms with Crippen LogP contribution in [0.25, 0.3) is 6.08 Å². The molecule has 4 nitrogen and oxygen atoms in total. The largest absolute Gasteiger partial charge is 0.494 e. The smallest absolute Gasteiger partial charge is 0.185 e. The maximum atomic E-state index is 12.4. The van der Waals surface area contributed by atoms with Gasteiger partial charge >= 0.3 is 0 Å². The summed E-state index contributed by atoms with van der Waals surface area (Å²) in [6.07, 6.45) is 3.43. The quantitative estimate of drug-likeness (QED) is 0.430. The van der Waals surface area contributed by atoms with Crippen molar-refractivity contribution in [3.63, 3.8) is 0 Å². The second-order valence-electron chi connectivity index (χ2n) is 6.69. The first-order chi connectivity index (χ1) is 12.9. The normalized spacial score (nSPS) is 11.2. The summed E-state index contributed by atoms with van der Waals surface area (Å²) in [6.45, 7) is 10.4. The number of carbonyl (C=O) groups is 1. The van der Waals surface area contributed by atoms with Crippen molar-refractivity contribution in [3.8, 4) is 17.2 Å². The molecule has 27 heavy (non-hydrogen) atoms. The lowest BCUT2D eigenvalue weighted by molar-refractivity contribution is 0.104. The van der Waals surface area contributed by atoms with E-state index in [1.165, 1.54) is 0 Å². The molecule has 0 amide bonds. The van der Waals surface area contributed by atoms with Crippen LogP contribution in [-0.4, -0.2) is 24.6 Å². The minimum atomic E-state index is -0.0731. The van der Waals surface area contributed by atoms with Gasteiger partial charge in [0.2, 0.25) is 0 Å². The summed E-state index contributed by atoms with van der Waals surface area (Å²) >= 11 is 0. The van der Waals surface area contributed by atoms with Gasteiger partial charge < -0.3 is 14.2 Å². The summed E-state index contributed by atoms with van der Waals surface area (Å²) < 4.78 is 17.0. The molecule has 0 aliphatic rings. The highest BCUT2D eigenvalue weighted by molar-refractivity contribution is 6.07. The number of carbonyl (C=O) groups excluding carboxylic acids is 1. The lowest BCUT2D eigenvalue weighted by Gasteiger charge is -2.16. The molecule has 0 radical (unpaired) electrons.